The molecule has 1 unspecified atom stereocenters. The fraction of sp³-hybridized carbons (Fsp3) is 0.235. The number of amides is 1. The number of primary amides is 1. The predicted molar refractivity (Wildman–Crippen MR) is 89.1 cm³/mol. The SMILES string of the molecule is CCCc1ccc(S(=O)(=O)NC(C(N)=O)c2ccccc2)cc1. The molecule has 0 aliphatic rings. The number of hydrogen-bond donors (Lipinski definition) is 2. The molecule has 23 heavy (non-hydrogen) atoms. The Kier molecular flexibility index (Phi) is 5.52. The lowest BCUT2D eigenvalue weighted by Crippen LogP contribution is -2.37. The Labute approximate surface area is 136 Å². The van der Waals surface area contributed by atoms with Gasteiger partial charge in [-0.1, -0.05) is 55.8 Å². The van der Waals surface area contributed by atoms with Crippen LogP contribution in [-0.4, -0.2) is 14.3 Å². The fourth-order valence-corrected chi connectivity index (χ4v) is 3.48. The van der Waals surface area contributed by atoms with Crippen LogP contribution in [0.1, 0.15) is 30.5 Å². The van der Waals surface area contributed by atoms with E-state index in [1.165, 1.54) is 12.1 Å². The second-order valence-corrected chi connectivity index (χ2v) is 6.98. The molecular formula is C17H20N2O3S. The van der Waals surface area contributed by atoms with Gasteiger partial charge in [0.15, 0.2) is 0 Å². The maximum Gasteiger partial charge on any atom is 0.241 e. The Bertz CT molecular complexity index is 756. The van der Waals surface area contributed by atoms with Gasteiger partial charge in [0.1, 0.15) is 6.04 Å². The number of rotatable bonds is 7. The molecule has 2 rings (SSSR count). The van der Waals surface area contributed by atoms with Crippen LogP contribution in [0.5, 0.6) is 0 Å². The first-order chi connectivity index (χ1) is 10.9. The van der Waals surface area contributed by atoms with Crippen LogP contribution >= 0.6 is 0 Å². The molecular weight excluding hydrogens is 312 g/mol. The van der Waals surface area contributed by atoms with Crippen LogP contribution in [0.2, 0.25) is 0 Å². The number of benzene rings is 2. The van der Waals surface area contributed by atoms with Crippen molar-refractivity contribution in [1.29, 1.82) is 0 Å². The standard InChI is InChI=1S/C17H20N2O3S/c1-2-6-13-9-11-15(12-10-13)23(21,22)19-16(17(18)20)14-7-4-3-5-8-14/h3-5,7-12,16,19H,2,6H2,1H3,(H2,18,20). The van der Waals surface area contributed by atoms with E-state index < -0.39 is 22.0 Å². The van der Waals surface area contributed by atoms with Gasteiger partial charge in [0.05, 0.1) is 4.90 Å². The summed E-state index contributed by atoms with van der Waals surface area (Å²) in [6.45, 7) is 2.06. The molecule has 0 radical (unpaired) electrons. The van der Waals surface area contributed by atoms with Gasteiger partial charge >= 0.3 is 0 Å². The van der Waals surface area contributed by atoms with Crippen LogP contribution < -0.4 is 10.5 Å². The highest BCUT2D eigenvalue weighted by Crippen LogP contribution is 2.18. The Morgan fingerprint density at radius 2 is 1.70 bits per heavy atom. The molecule has 0 heterocycles. The summed E-state index contributed by atoms with van der Waals surface area (Å²) < 4.78 is 27.3. The highest BCUT2D eigenvalue weighted by Gasteiger charge is 2.25. The van der Waals surface area contributed by atoms with Crippen LogP contribution in [0.25, 0.3) is 0 Å². The quantitative estimate of drug-likeness (QED) is 0.814. The van der Waals surface area contributed by atoms with Crippen molar-refractivity contribution < 1.29 is 13.2 Å². The molecule has 0 aliphatic carbocycles. The van der Waals surface area contributed by atoms with E-state index in [9.17, 15) is 13.2 Å². The molecule has 6 heteroatoms. The molecule has 0 saturated heterocycles. The van der Waals surface area contributed by atoms with Crippen molar-refractivity contribution in [1.82, 2.24) is 4.72 Å². The van der Waals surface area contributed by atoms with Gasteiger partial charge in [-0.15, -0.1) is 0 Å². The lowest BCUT2D eigenvalue weighted by molar-refractivity contribution is -0.119. The number of aryl methyl sites for hydroxylation is 1. The molecule has 3 N–H and O–H groups in total. The number of hydrogen-bond acceptors (Lipinski definition) is 3. The van der Waals surface area contributed by atoms with E-state index in [0.29, 0.717) is 5.56 Å². The van der Waals surface area contributed by atoms with Gasteiger partial charge in [-0.05, 0) is 29.7 Å². The van der Waals surface area contributed by atoms with Crippen LogP contribution in [-0.2, 0) is 21.2 Å². The van der Waals surface area contributed by atoms with Gasteiger partial charge in [-0.3, -0.25) is 4.79 Å². The molecule has 0 saturated carbocycles. The summed E-state index contributed by atoms with van der Waals surface area (Å²) in [7, 11) is -3.84. The van der Waals surface area contributed by atoms with Crippen molar-refractivity contribution in [3.63, 3.8) is 0 Å². The van der Waals surface area contributed by atoms with Crippen molar-refractivity contribution in [2.75, 3.05) is 0 Å². The molecule has 1 amide bonds. The van der Waals surface area contributed by atoms with E-state index >= 15 is 0 Å². The van der Waals surface area contributed by atoms with Gasteiger partial charge in [0, 0.05) is 0 Å². The van der Waals surface area contributed by atoms with Crippen LogP contribution in [0, 0.1) is 0 Å². The van der Waals surface area contributed by atoms with Crippen LogP contribution in [0.3, 0.4) is 0 Å². The summed E-state index contributed by atoms with van der Waals surface area (Å²) in [5, 5.41) is 0. The topological polar surface area (TPSA) is 89.3 Å². The van der Waals surface area contributed by atoms with E-state index in [2.05, 4.69) is 11.6 Å². The van der Waals surface area contributed by atoms with Crippen LogP contribution in [0.15, 0.2) is 59.5 Å². The summed E-state index contributed by atoms with van der Waals surface area (Å²) in [6, 6.07) is 14.1. The van der Waals surface area contributed by atoms with Crippen LogP contribution in [0.4, 0.5) is 0 Å². The predicted octanol–water partition coefficient (Wildman–Crippen LogP) is 2.14. The Morgan fingerprint density at radius 3 is 2.22 bits per heavy atom. The number of nitrogens with one attached hydrogen (secondary N) is 1. The molecule has 0 aliphatic heterocycles. The Morgan fingerprint density at radius 1 is 1.09 bits per heavy atom. The zero-order valence-corrected chi connectivity index (χ0v) is 13.7. The lowest BCUT2D eigenvalue weighted by atomic mass is 10.1. The third-order valence-corrected chi connectivity index (χ3v) is 4.90. The van der Waals surface area contributed by atoms with Gasteiger partial charge in [0.2, 0.25) is 15.9 Å². The largest absolute Gasteiger partial charge is 0.368 e. The number of sulfonamides is 1. The van der Waals surface area contributed by atoms with E-state index in [1.54, 1.807) is 42.5 Å². The third kappa shape index (κ3) is 4.40. The molecule has 0 bridgehead atoms. The summed E-state index contributed by atoms with van der Waals surface area (Å²) in [5.74, 6) is -0.748. The van der Waals surface area contributed by atoms with E-state index in [0.717, 1.165) is 18.4 Å². The first kappa shape index (κ1) is 17.2. The zero-order chi connectivity index (χ0) is 16.9. The highest BCUT2D eigenvalue weighted by molar-refractivity contribution is 7.89. The minimum Gasteiger partial charge on any atom is -0.368 e. The van der Waals surface area contributed by atoms with Crippen molar-refractivity contribution in [3.05, 3.63) is 65.7 Å². The van der Waals surface area contributed by atoms with Crippen molar-refractivity contribution in [2.24, 2.45) is 5.73 Å². The van der Waals surface area contributed by atoms with Crippen molar-refractivity contribution >= 4 is 15.9 Å². The third-order valence-electron chi connectivity index (χ3n) is 3.46. The molecule has 0 aromatic heterocycles. The second kappa shape index (κ2) is 7.39. The fourth-order valence-electron chi connectivity index (χ4n) is 2.28. The average molecular weight is 332 g/mol. The van der Waals surface area contributed by atoms with Gasteiger partial charge in [-0.25, -0.2) is 8.42 Å². The molecule has 5 nitrogen and oxygen atoms in total. The molecule has 2 aromatic carbocycles. The Balaban J connectivity index is 2.26. The first-order valence-electron chi connectivity index (χ1n) is 7.39. The molecule has 0 fully saturated rings. The second-order valence-electron chi connectivity index (χ2n) is 5.26. The molecule has 1 atom stereocenters. The number of carbonyl (C=O) groups is 1. The summed E-state index contributed by atoms with van der Waals surface area (Å²) >= 11 is 0. The Hall–Kier alpha value is -2.18. The summed E-state index contributed by atoms with van der Waals surface area (Å²) in [6.07, 6.45) is 1.88. The highest BCUT2D eigenvalue weighted by atomic mass is 32.2. The summed E-state index contributed by atoms with van der Waals surface area (Å²) in [5.41, 5.74) is 6.93. The molecule has 122 valence electrons. The average Bonchev–Trinajstić information content (AvgIpc) is 2.54. The number of nitrogens with two attached hydrogens (primary N) is 1. The van der Waals surface area contributed by atoms with Gasteiger partial charge < -0.3 is 5.73 Å². The van der Waals surface area contributed by atoms with E-state index in [-0.39, 0.29) is 4.90 Å². The number of carbonyl (C=O) groups excluding carboxylic acids is 1. The minimum absolute atomic E-state index is 0.111. The normalized spacial score (nSPS) is 12.7. The summed E-state index contributed by atoms with van der Waals surface area (Å²) in [4.78, 5) is 11.8. The zero-order valence-electron chi connectivity index (χ0n) is 12.9. The lowest BCUT2D eigenvalue weighted by Gasteiger charge is -2.16. The van der Waals surface area contributed by atoms with Gasteiger partial charge in [-0.2, -0.15) is 4.72 Å². The molecule has 2 aromatic rings. The van der Waals surface area contributed by atoms with Crippen molar-refractivity contribution in [2.45, 2.75) is 30.7 Å². The van der Waals surface area contributed by atoms with Gasteiger partial charge in [0.25, 0.3) is 0 Å². The first-order valence-corrected chi connectivity index (χ1v) is 8.88. The van der Waals surface area contributed by atoms with E-state index in [1.807, 2.05) is 0 Å². The van der Waals surface area contributed by atoms with E-state index in [4.69, 9.17) is 5.73 Å². The monoisotopic (exact) mass is 332 g/mol. The maximum atomic E-state index is 12.5. The van der Waals surface area contributed by atoms with Crippen molar-refractivity contribution in [3.8, 4) is 0 Å². The smallest absolute Gasteiger partial charge is 0.241 e. The minimum atomic E-state index is -3.84. The molecule has 0 spiro atoms. The maximum absolute atomic E-state index is 12.5.